The molecule has 2 amide bonds. The Labute approximate surface area is 162 Å². The van der Waals surface area contributed by atoms with Crippen LogP contribution in [0.2, 0.25) is 0 Å². The molecule has 0 aromatic heterocycles. The molecule has 9 heteroatoms. The zero-order valence-corrected chi connectivity index (χ0v) is 15.9. The van der Waals surface area contributed by atoms with Gasteiger partial charge >= 0.3 is 6.09 Å². The first-order valence-corrected chi connectivity index (χ1v) is 10.1. The number of hydrogen-bond acceptors (Lipinski definition) is 5. The molecular weight excluding hydrogens is 387 g/mol. The maximum atomic E-state index is 13.0. The number of amides is 2. The number of carbonyl (C=O) groups is 2. The van der Waals surface area contributed by atoms with Crippen LogP contribution < -0.4 is 10.2 Å². The first-order chi connectivity index (χ1) is 13.3. The van der Waals surface area contributed by atoms with E-state index in [1.165, 1.54) is 11.8 Å². The van der Waals surface area contributed by atoms with Crippen LogP contribution in [0, 0.1) is 5.82 Å². The number of ether oxygens (including phenoxy) is 1. The highest BCUT2D eigenvalue weighted by molar-refractivity contribution is 7.92. The quantitative estimate of drug-likeness (QED) is 0.743. The van der Waals surface area contributed by atoms with E-state index in [9.17, 15) is 22.4 Å². The number of rotatable bonds is 6. The third-order valence-electron chi connectivity index (χ3n) is 4.43. The Morgan fingerprint density at radius 3 is 2.61 bits per heavy atom. The highest BCUT2D eigenvalue weighted by Gasteiger charge is 2.29. The molecule has 1 aliphatic heterocycles. The van der Waals surface area contributed by atoms with Gasteiger partial charge in [0.2, 0.25) is 5.91 Å². The van der Waals surface area contributed by atoms with Crippen molar-refractivity contribution in [2.45, 2.75) is 23.6 Å². The van der Waals surface area contributed by atoms with Crippen LogP contribution in [0.3, 0.4) is 0 Å². The lowest BCUT2D eigenvalue weighted by Crippen LogP contribution is -2.37. The fraction of sp³-hybridized carbons (Fsp3) is 0.263. The van der Waals surface area contributed by atoms with Gasteiger partial charge in [0.15, 0.2) is 9.84 Å². The van der Waals surface area contributed by atoms with Crippen molar-refractivity contribution in [1.29, 1.82) is 0 Å². The van der Waals surface area contributed by atoms with Crippen molar-refractivity contribution in [1.82, 2.24) is 5.32 Å². The molecule has 1 saturated heterocycles. The van der Waals surface area contributed by atoms with Crippen molar-refractivity contribution in [2.24, 2.45) is 0 Å². The first kappa shape index (κ1) is 19.8. The van der Waals surface area contributed by atoms with Crippen molar-refractivity contribution in [3.63, 3.8) is 0 Å². The molecule has 2 aromatic rings. The van der Waals surface area contributed by atoms with Gasteiger partial charge in [-0.2, -0.15) is 0 Å². The summed E-state index contributed by atoms with van der Waals surface area (Å²) in [7, 11) is -3.94. The fourth-order valence-corrected chi connectivity index (χ4v) is 4.05. The van der Waals surface area contributed by atoms with Crippen LogP contribution in [-0.2, 0) is 25.9 Å². The van der Waals surface area contributed by atoms with Gasteiger partial charge in [-0.3, -0.25) is 9.69 Å². The average Bonchev–Trinajstić information content (AvgIpc) is 3.12. The Morgan fingerprint density at radius 2 is 1.96 bits per heavy atom. The molecule has 1 unspecified atom stereocenters. The number of anilines is 1. The predicted molar refractivity (Wildman–Crippen MR) is 100 cm³/mol. The summed E-state index contributed by atoms with van der Waals surface area (Å²) in [5, 5.41) is 1.25. The van der Waals surface area contributed by atoms with E-state index in [0.717, 1.165) is 24.3 Å². The molecule has 1 fully saturated rings. The summed E-state index contributed by atoms with van der Waals surface area (Å²) in [5.74, 6) is -1.23. The second kappa shape index (κ2) is 7.97. The Hall–Kier alpha value is -2.94. The SMILES string of the molecule is CC(C(=O)NCc1cccc(N2CCOC2=O)c1)S(=O)(=O)c1ccc(F)cc1. The maximum absolute atomic E-state index is 13.0. The number of halogens is 1. The lowest BCUT2D eigenvalue weighted by molar-refractivity contribution is -0.120. The lowest BCUT2D eigenvalue weighted by Gasteiger charge is -2.16. The van der Waals surface area contributed by atoms with Crippen LogP contribution in [0.25, 0.3) is 0 Å². The molecule has 0 bridgehead atoms. The number of carbonyl (C=O) groups excluding carboxylic acids is 2. The van der Waals surface area contributed by atoms with E-state index in [2.05, 4.69) is 5.32 Å². The summed E-state index contributed by atoms with van der Waals surface area (Å²) < 4.78 is 42.9. The monoisotopic (exact) mass is 406 g/mol. The molecule has 3 rings (SSSR count). The molecule has 2 aromatic carbocycles. The number of nitrogens with zero attached hydrogens (tertiary/aromatic N) is 1. The molecule has 0 radical (unpaired) electrons. The molecule has 1 heterocycles. The van der Waals surface area contributed by atoms with E-state index in [-0.39, 0.29) is 11.4 Å². The van der Waals surface area contributed by atoms with Crippen molar-refractivity contribution in [3.8, 4) is 0 Å². The molecule has 0 spiro atoms. The third-order valence-corrected chi connectivity index (χ3v) is 6.50. The van der Waals surface area contributed by atoms with Gasteiger partial charge in [-0.1, -0.05) is 12.1 Å². The summed E-state index contributed by atoms with van der Waals surface area (Å²) >= 11 is 0. The van der Waals surface area contributed by atoms with Gasteiger partial charge in [-0.15, -0.1) is 0 Å². The van der Waals surface area contributed by atoms with Crippen LogP contribution >= 0.6 is 0 Å². The number of nitrogens with one attached hydrogen (secondary N) is 1. The second-order valence-electron chi connectivity index (χ2n) is 6.29. The van der Waals surface area contributed by atoms with Crippen molar-refractivity contribution < 1.29 is 27.1 Å². The number of hydrogen-bond donors (Lipinski definition) is 1. The van der Waals surface area contributed by atoms with Gasteiger partial charge in [0.05, 0.1) is 11.4 Å². The van der Waals surface area contributed by atoms with Crippen molar-refractivity contribution >= 4 is 27.5 Å². The minimum atomic E-state index is -3.94. The zero-order chi connectivity index (χ0) is 20.3. The van der Waals surface area contributed by atoms with E-state index in [1.807, 2.05) is 0 Å². The van der Waals surface area contributed by atoms with Crippen molar-refractivity contribution in [2.75, 3.05) is 18.1 Å². The topological polar surface area (TPSA) is 92.8 Å². The lowest BCUT2D eigenvalue weighted by atomic mass is 10.2. The van der Waals surface area contributed by atoms with E-state index < -0.39 is 32.9 Å². The van der Waals surface area contributed by atoms with Crippen LogP contribution in [0.15, 0.2) is 53.4 Å². The Morgan fingerprint density at radius 1 is 1.25 bits per heavy atom. The summed E-state index contributed by atoms with van der Waals surface area (Å²) in [6.07, 6.45) is -0.430. The van der Waals surface area contributed by atoms with Crippen LogP contribution in [-0.4, -0.2) is 38.8 Å². The average molecular weight is 406 g/mol. The molecule has 148 valence electrons. The largest absolute Gasteiger partial charge is 0.447 e. The fourth-order valence-electron chi connectivity index (χ4n) is 2.76. The Bertz CT molecular complexity index is 992. The molecular formula is C19H19FN2O5S. The normalized spacial score (nSPS) is 15.2. The summed E-state index contributed by atoms with van der Waals surface area (Å²) in [6.45, 7) is 2.14. The first-order valence-electron chi connectivity index (χ1n) is 8.59. The van der Waals surface area contributed by atoms with Gasteiger partial charge < -0.3 is 10.1 Å². The van der Waals surface area contributed by atoms with Gasteiger partial charge in [0, 0.05) is 12.2 Å². The van der Waals surface area contributed by atoms with Crippen molar-refractivity contribution in [3.05, 3.63) is 59.9 Å². The highest BCUT2D eigenvalue weighted by Crippen LogP contribution is 2.20. The Kier molecular flexibility index (Phi) is 5.64. The summed E-state index contributed by atoms with van der Waals surface area (Å²) in [4.78, 5) is 25.4. The molecule has 1 aliphatic rings. The molecule has 0 aliphatic carbocycles. The van der Waals surface area contributed by atoms with Crippen LogP contribution in [0.5, 0.6) is 0 Å². The van der Waals surface area contributed by atoms with Gasteiger partial charge in [0.25, 0.3) is 0 Å². The van der Waals surface area contributed by atoms with Gasteiger partial charge in [0.1, 0.15) is 17.7 Å². The van der Waals surface area contributed by atoms with E-state index in [1.54, 1.807) is 24.3 Å². The Balaban J connectivity index is 1.66. The predicted octanol–water partition coefficient (Wildman–Crippen LogP) is 2.26. The molecule has 7 nitrogen and oxygen atoms in total. The zero-order valence-electron chi connectivity index (χ0n) is 15.1. The molecule has 1 atom stereocenters. The summed E-state index contributed by atoms with van der Waals surface area (Å²) in [5.41, 5.74) is 1.35. The molecule has 0 saturated carbocycles. The van der Waals surface area contributed by atoms with E-state index in [4.69, 9.17) is 4.74 Å². The number of cyclic esters (lactones) is 1. The van der Waals surface area contributed by atoms with Gasteiger partial charge in [-0.25, -0.2) is 17.6 Å². The maximum Gasteiger partial charge on any atom is 0.414 e. The number of benzene rings is 2. The molecule has 28 heavy (non-hydrogen) atoms. The van der Waals surface area contributed by atoms with Crippen LogP contribution in [0.1, 0.15) is 12.5 Å². The number of sulfone groups is 1. The second-order valence-corrected chi connectivity index (χ2v) is 8.56. The smallest absolute Gasteiger partial charge is 0.414 e. The minimum Gasteiger partial charge on any atom is -0.447 e. The molecule has 1 N–H and O–H groups in total. The van der Waals surface area contributed by atoms with Crippen LogP contribution in [0.4, 0.5) is 14.9 Å². The standard InChI is InChI=1S/C19H19FN2O5S/c1-13(28(25,26)17-7-5-15(20)6-8-17)18(23)21-12-14-3-2-4-16(11-14)22-9-10-27-19(22)24/h2-8,11,13H,9-10,12H2,1H3,(H,21,23). The minimum absolute atomic E-state index is 0.0961. The van der Waals surface area contributed by atoms with E-state index >= 15 is 0 Å². The summed E-state index contributed by atoms with van der Waals surface area (Å²) in [6, 6.07) is 11.3. The van der Waals surface area contributed by atoms with E-state index in [0.29, 0.717) is 24.4 Å². The van der Waals surface area contributed by atoms with Gasteiger partial charge in [-0.05, 0) is 48.9 Å². The highest BCUT2D eigenvalue weighted by atomic mass is 32.2. The third kappa shape index (κ3) is 4.14.